The molecule has 178 valence electrons. The number of ether oxygens (including phenoxy) is 1. The lowest BCUT2D eigenvalue weighted by atomic mass is 10.0. The second kappa shape index (κ2) is 12.0. The normalized spacial score (nSPS) is 19.0. The summed E-state index contributed by atoms with van der Waals surface area (Å²) in [7, 11) is 0. The van der Waals surface area contributed by atoms with Gasteiger partial charge in [0, 0.05) is 12.5 Å². The number of hydrogen-bond donors (Lipinski definition) is 4. The van der Waals surface area contributed by atoms with Crippen LogP contribution < -0.4 is 21.3 Å². The van der Waals surface area contributed by atoms with Crippen molar-refractivity contribution in [2.75, 3.05) is 6.54 Å². The van der Waals surface area contributed by atoms with Crippen LogP contribution in [0.5, 0.6) is 0 Å². The summed E-state index contributed by atoms with van der Waals surface area (Å²) in [4.78, 5) is 49.3. The van der Waals surface area contributed by atoms with Crippen LogP contribution in [0.4, 0.5) is 4.79 Å². The molecule has 1 aliphatic carbocycles. The zero-order chi connectivity index (χ0) is 23.6. The van der Waals surface area contributed by atoms with Crippen molar-refractivity contribution in [2.45, 2.75) is 57.3 Å². The molecule has 3 rings (SSSR count). The highest BCUT2D eigenvalue weighted by atomic mass is 16.5. The van der Waals surface area contributed by atoms with Crippen LogP contribution in [0.15, 0.2) is 43.0 Å². The van der Waals surface area contributed by atoms with Crippen molar-refractivity contribution < 1.29 is 23.9 Å². The molecule has 0 bridgehead atoms. The molecule has 33 heavy (non-hydrogen) atoms. The molecule has 9 nitrogen and oxygen atoms in total. The molecule has 1 saturated heterocycles. The van der Waals surface area contributed by atoms with Gasteiger partial charge in [-0.15, -0.1) is 0 Å². The maximum atomic E-state index is 13.1. The predicted molar refractivity (Wildman–Crippen MR) is 122 cm³/mol. The van der Waals surface area contributed by atoms with Crippen LogP contribution in [-0.2, 0) is 25.7 Å². The Hall–Kier alpha value is -3.36. The maximum Gasteiger partial charge on any atom is 0.408 e. The predicted octanol–water partition coefficient (Wildman–Crippen LogP) is 1.74. The van der Waals surface area contributed by atoms with Gasteiger partial charge in [-0.3, -0.25) is 14.4 Å². The quantitative estimate of drug-likeness (QED) is 0.282. The number of carbonyl (C=O) groups excluding carboxylic acids is 4. The van der Waals surface area contributed by atoms with Crippen molar-refractivity contribution in [1.29, 1.82) is 0 Å². The number of nitrogens with one attached hydrogen (secondary N) is 4. The van der Waals surface area contributed by atoms with E-state index < -0.39 is 30.1 Å². The fourth-order valence-corrected chi connectivity index (χ4v) is 3.80. The van der Waals surface area contributed by atoms with E-state index in [-0.39, 0.29) is 24.9 Å². The second-order valence-corrected chi connectivity index (χ2v) is 8.57. The molecule has 0 unspecified atom stereocenters. The molecular formula is C24H32N4O5. The molecule has 1 saturated carbocycles. The van der Waals surface area contributed by atoms with E-state index in [1.54, 1.807) is 0 Å². The van der Waals surface area contributed by atoms with Gasteiger partial charge in [-0.1, -0.05) is 49.8 Å². The van der Waals surface area contributed by atoms with Gasteiger partial charge in [0.15, 0.2) is 0 Å². The first kappa shape index (κ1) is 24.3. The minimum Gasteiger partial charge on any atom is -0.445 e. The first-order chi connectivity index (χ1) is 15.9. The summed E-state index contributed by atoms with van der Waals surface area (Å²) in [5, 5.41) is 10.9. The second-order valence-electron chi connectivity index (χ2n) is 8.57. The zero-order valence-corrected chi connectivity index (χ0v) is 18.7. The standard InChI is InChI=1S/C24H32N4O5/c1-2-21(29)27-20(14-18-12-13-25-22(18)30)28-23(31)19(11-10-16-8-9-16)26-24(32)33-15-17-6-4-3-5-7-17/h2-7,16,18-20H,1,8-15H2,(H,25,30)(H,26,32)(H,27,29)(H,28,31)/t18-,19-,20-/m0/s1. The Morgan fingerprint density at radius 1 is 1.12 bits per heavy atom. The molecule has 1 aromatic carbocycles. The van der Waals surface area contributed by atoms with Crippen molar-refractivity contribution in [2.24, 2.45) is 11.8 Å². The molecular weight excluding hydrogens is 424 g/mol. The van der Waals surface area contributed by atoms with Gasteiger partial charge in [0.25, 0.3) is 0 Å². The van der Waals surface area contributed by atoms with Crippen molar-refractivity contribution in [1.82, 2.24) is 21.3 Å². The van der Waals surface area contributed by atoms with Gasteiger partial charge >= 0.3 is 6.09 Å². The van der Waals surface area contributed by atoms with E-state index in [1.165, 1.54) is 0 Å². The molecule has 4 N–H and O–H groups in total. The maximum absolute atomic E-state index is 13.1. The summed E-state index contributed by atoms with van der Waals surface area (Å²) in [6.45, 7) is 4.10. The average Bonchev–Trinajstić information content (AvgIpc) is 3.56. The Balaban J connectivity index is 1.59. The number of amides is 4. The summed E-state index contributed by atoms with van der Waals surface area (Å²) in [6.07, 6.45) is 4.07. The molecule has 3 atom stereocenters. The van der Waals surface area contributed by atoms with Crippen molar-refractivity contribution >= 4 is 23.8 Å². The Labute approximate surface area is 193 Å². The molecule has 0 radical (unpaired) electrons. The van der Waals surface area contributed by atoms with Crippen LogP contribution in [0.2, 0.25) is 0 Å². The summed E-state index contributed by atoms with van der Waals surface area (Å²) < 4.78 is 5.27. The van der Waals surface area contributed by atoms with E-state index in [9.17, 15) is 19.2 Å². The van der Waals surface area contributed by atoms with Gasteiger partial charge in [0.2, 0.25) is 17.7 Å². The van der Waals surface area contributed by atoms with Gasteiger partial charge < -0.3 is 26.0 Å². The molecule has 4 amide bonds. The first-order valence-corrected chi connectivity index (χ1v) is 11.4. The minimum atomic E-state index is -0.811. The molecule has 2 aliphatic rings. The van der Waals surface area contributed by atoms with Gasteiger partial charge in [-0.2, -0.15) is 0 Å². The van der Waals surface area contributed by atoms with Crippen LogP contribution in [0.25, 0.3) is 0 Å². The molecule has 0 aromatic heterocycles. The number of rotatable bonds is 12. The molecule has 1 aliphatic heterocycles. The zero-order valence-electron chi connectivity index (χ0n) is 18.7. The van der Waals surface area contributed by atoms with Crippen molar-refractivity contribution in [3.63, 3.8) is 0 Å². The minimum absolute atomic E-state index is 0.0957. The molecule has 1 aromatic rings. The average molecular weight is 457 g/mol. The summed E-state index contributed by atoms with van der Waals surface area (Å²) in [6, 6.07) is 8.45. The topological polar surface area (TPSA) is 126 Å². The van der Waals surface area contributed by atoms with Crippen LogP contribution in [-0.4, -0.2) is 42.6 Å². The van der Waals surface area contributed by atoms with Crippen LogP contribution in [0, 0.1) is 11.8 Å². The van der Waals surface area contributed by atoms with Gasteiger partial charge in [-0.05, 0) is 43.2 Å². The van der Waals surface area contributed by atoms with E-state index >= 15 is 0 Å². The van der Waals surface area contributed by atoms with Crippen molar-refractivity contribution in [3.05, 3.63) is 48.6 Å². The number of benzene rings is 1. The van der Waals surface area contributed by atoms with Gasteiger partial charge in [-0.25, -0.2) is 4.79 Å². The fourth-order valence-electron chi connectivity index (χ4n) is 3.80. The lowest BCUT2D eigenvalue weighted by molar-refractivity contribution is -0.127. The van der Waals surface area contributed by atoms with E-state index in [2.05, 4.69) is 27.8 Å². The van der Waals surface area contributed by atoms with E-state index in [0.717, 1.165) is 30.9 Å². The highest BCUT2D eigenvalue weighted by Crippen LogP contribution is 2.33. The molecule has 1 heterocycles. The van der Waals surface area contributed by atoms with Crippen molar-refractivity contribution in [3.8, 4) is 0 Å². The van der Waals surface area contributed by atoms with Crippen LogP contribution in [0.1, 0.15) is 44.1 Å². The van der Waals surface area contributed by atoms with E-state index in [1.807, 2.05) is 30.3 Å². The Morgan fingerprint density at radius 2 is 1.88 bits per heavy atom. The highest BCUT2D eigenvalue weighted by molar-refractivity contribution is 5.89. The SMILES string of the molecule is C=CC(=O)N[C@H](C[C@@H]1CCNC1=O)NC(=O)[C@H](CCC1CC1)NC(=O)OCc1ccccc1. The Bertz CT molecular complexity index is 856. The monoisotopic (exact) mass is 456 g/mol. The van der Waals surface area contributed by atoms with Gasteiger partial charge in [0.05, 0.1) is 0 Å². The Kier molecular flexibility index (Phi) is 8.86. The third-order valence-corrected chi connectivity index (χ3v) is 5.88. The lowest BCUT2D eigenvalue weighted by Gasteiger charge is -2.25. The van der Waals surface area contributed by atoms with E-state index in [0.29, 0.717) is 25.3 Å². The summed E-state index contributed by atoms with van der Waals surface area (Å²) >= 11 is 0. The third-order valence-electron chi connectivity index (χ3n) is 5.88. The van der Waals surface area contributed by atoms with Crippen LogP contribution >= 0.6 is 0 Å². The van der Waals surface area contributed by atoms with Gasteiger partial charge in [0.1, 0.15) is 18.8 Å². The fraction of sp³-hybridized carbons (Fsp3) is 0.500. The number of alkyl carbamates (subject to hydrolysis) is 1. The summed E-state index contributed by atoms with van der Waals surface area (Å²) in [5.41, 5.74) is 0.841. The number of hydrogen-bond acceptors (Lipinski definition) is 5. The lowest BCUT2D eigenvalue weighted by Crippen LogP contribution is -2.55. The third kappa shape index (κ3) is 8.25. The molecule has 2 fully saturated rings. The first-order valence-electron chi connectivity index (χ1n) is 11.4. The smallest absolute Gasteiger partial charge is 0.408 e. The largest absolute Gasteiger partial charge is 0.445 e. The number of carbonyl (C=O) groups is 4. The van der Waals surface area contributed by atoms with Crippen LogP contribution in [0.3, 0.4) is 0 Å². The highest BCUT2D eigenvalue weighted by Gasteiger charge is 2.31. The van der Waals surface area contributed by atoms with E-state index in [4.69, 9.17) is 4.74 Å². The molecule has 9 heteroatoms. The summed E-state index contributed by atoms with van der Waals surface area (Å²) in [5.74, 6) is -0.728. The molecule has 0 spiro atoms. The Morgan fingerprint density at radius 3 is 2.52 bits per heavy atom.